The van der Waals surface area contributed by atoms with Crippen LogP contribution in [-0.2, 0) is 13.0 Å². The van der Waals surface area contributed by atoms with Crippen molar-refractivity contribution >= 4 is 17.2 Å². The molecule has 0 radical (unpaired) electrons. The summed E-state index contributed by atoms with van der Waals surface area (Å²) >= 11 is 0. The van der Waals surface area contributed by atoms with E-state index in [2.05, 4.69) is 25.1 Å². The van der Waals surface area contributed by atoms with Crippen molar-refractivity contribution in [3.63, 3.8) is 0 Å². The number of fused-ring (bicyclic) bond motifs is 1. The molecule has 2 aliphatic rings. The van der Waals surface area contributed by atoms with Crippen molar-refractivity contribution in [3.8, 4) is 0 Å². The quantitative estimate of drug-likeness (QED) is 0.607. The van der Waals surface area contributed by atoms with Gasteiger partial charge in [-0.05, 0) is 44.2 Å². The van der Waals surface area contributed by atoms with Gasteiger partial charge >= 0.3 is 0 Å². The number of hydrogen-bond donors (Lipinski definition) is 2. The molecule has 0 spiro atoms. The normalized spacial score (nSPS) is 17.1. The minimum atomic E-state index is -0.169. The molecule has 1 saturated carbocycles. The lowest BCUT2D eigenvalue weighted by Crippen LogP contribution is -2.46. The number of hydrogen-bond acceptors (Lipinski definition) is 6. The largest absolute Gasteiger partial charge is 0.368 e. The molecule has 9 nitrogen and oxygen atoms in total. The van der Waals surface area contributed by atoms with Crippen LogP contribution in [0.3, 0.4) is 0 Å². The number of rotatable bonds is 6. The van der Waals surface area contributed by atoms with Gasteiger partial charge in [-0.2, -0.15) is 5.10 Å². The molecule has 0 atom stereocenters. The van der Waals surface area contributed by atoms with E-state index in [-0.39, 0.29) is 11.5 Å². The molecule has 1 aliphatic heterocycles. The summed E-state index contributed by atoms with van der Waals surface area (Å²) in [5.41, 5.74) is 4.94. The average molecular weight is 436 g/mol. The molecule has 0 aromatic carbocycles. The molecule has 3 aromatic heterocycles. The monoisotopic (exact) mass is 435 g/mol. The van der Waals surface area contributed by atoms with E-state index in [1.807, 2.05) is 29.8 Å². The molecule has 1 aliphatic carbocycles. The maximum atomic E-state index is 12.3. The number of aromatic nitrogens is 4. The van der Waals surface area contributed by atoms with E-state index >= 15 is 0 Å². The molecule has 4 heterocycles. The van der Waals surface area contributed by atoms with Crippen molar-refractivity contribution in [1.82, 2.24) is 29.8 Å². The van der Waals surface area contributed by atoms with E-state index in [0.29, 0.717) is 11.6 Å². The van der Waals surface area contributed by atoms with Gasteiger partial charge < -0.3 is 15.2 Å². The minimum absolute atomic E-state index is 0.0101. The summed E-state index contributed by atoms with van der Waals surface area (Å²) in [5, 5.41) is 7.32. The SMILES string of the molecule is CNC(=O)c1ccc(N2CCN(Cc3cc4[nH]c(=O)c(CC5CC5)cn4n3)CC2)c(C)n1. The Labute approximate surface area is 186 Å². The number of nitrogens with zero attached hydrogens (tertiary/aromatic N) is 5. The number of pyridine rings is 1. The van der Waals surface area contributed by atoms with Gasteiger partial charge in [0.1, 0.15) is 11.3 Å². The fourth-order valence-electron chi connectivity index (χ4n) is 4.41. The van der Waals surface area contributed by atoms with E-state index in [0.717, 1.165) is 67.4 Å². The number of nitrogens with one attached hydrogen (secondary N) is 2. The first-order chi connectivity index (χ1) is 15.5. The second-order valence-corrected chi connectivity index (χ2v) is 8.86. The minimum Gasteiger partial charge on any atom is -0.368 e. The standard InChI is InChI=1S/C23H29N7O2/c1-15-20(6-5-19(25-15)23(32)24-2)29-9-7-28(8-10-29)14-18-12-21-26-22(31)17(11-16-3-4-16)13-30(21)27-18/h5-6,12-13,16H,3-4,7-11,14H2,1-2H3,(H,24,32)(H,26,31). The number of H-pyrrole nitrogens is 1. The Balaban J connectivity index is 1.22. The first kappa shape index (κ1) is 20.7. The van der Waals surface area contributed by atoms with Gasteiger partial charge in [0.2, 0.25) is 0 Å². The highest BCUT2D eigenvalue weighted by molar-refractivity contribution is 5.92. The molecule has 32 heavy (non-hydrogen) atoms. The van der Waals surface area contributed by atoms with Crippen LogP contribution < -0.4 is 15.8 Å². The summed E-state index contributed by atoms with van der Waals surface area (Å²) in [5.74, 6) is 0.497. The molecule has 2 fully saturated rings. The number of aromatic amines is 1. The zero-order valence-corrected chi connectivity index (χ0v) is 18.6. The summed E-state index contributed by atoms with van der Waals surface area (Å²) in [6.07, 6.45) is 5.19. The Bertz CT molecular complexity index is 1200. The van der Waals surface area contributed by atoms with Gasteiger partial charge in [-0.3, -0.25) is 14.5 Å². The third-order valence-corrected chi connectivity index (χ3v) is 6.42. The summed E-state index contributed by atoms with van der Waals surface area (Å²) in [6, 6.07) is 5.74. The molecule has 3 aromatic rings. The van der Waals surface area contributed by atoms with E-state index in [1.54, 1.807) is 13.1 Å². The molecule has 5 rings (SSSR count). The van der Waals surface area contributed by atoms with Crippen LogP contribution in [0.5, 0.6) is 0 Å². The van der Waals surface area contributed by atoms with Gasteiger partial charge in [0, 0.05) is 57.6 Å². The van der Waals surface area contributed by atoms with Crippen LogP contribution in [0.1, 0.15) is 40.3 Å². The molecule has 9 heteroatoms. The Morgan fingerprint density at radius 3 is 2.69 bits per heavy atom. The van der Waals surface area contributed by atoms with Crippen molar-refractivity contribution in [2.75, 3.05) is 38.1 Å². The lowest BCUT2D eigenvalue weighted by atomic mass is 10.2. The van der Waals surface area contributed by atoms with Gasteiger partial charge in [0.25, 0.3) is 11.5 Å². The molecular weight excluding hydrogens is 406 g/mol. The van der Waals surface area contributed by atoms with Gasteiger partial charge in [-0.1, -0.05) is 0 Å². The number of amides is 1. The second kappa shape index (κ2) is 8.38. The molecule has 168 valence electrons. The summed E-state index contributed by atoms with van der Waals surface area (Å²) in [4.78, 5) is 36.3. The molecule has 1 saturated heterocycles. The van der Waals surface area contributed by atoms with Crippen LogP contribution in [0.15, 0.2) is 29.2 Å². The number of aryl methyl sites for hydroxylation is 1. The molecular formula is C23H29N7O2. The fraction of sp³-hybridized carbons (Fsp3) is 0.478. The van der Waals surface area contributed by atoms with Crippen molar-refractivity contribution in [2.45, 2.75) is 32.7 Å². The van der Waals surface area contributed by atoms with Crippen LogP contribution >= 0.6 is 0 Å². The second-order valence-electron chi connectivity index (χ2n) is 8.86. The average Bonchev–Trinajstić information content (AvgIpc) is 3.53. The highest BCUT2D eigenvalue weighted by atomic mass is 16.1. The van der Waals surface area contributed by atoms with Crippen LogP contribution in [0.25, 0.3) is 5.65 Å². The first-order valence-electron chi connectivity index (χ1n) is 11.3. The van der Waals surface area contributed by atoms with Crippen LogP contribution in [0, 0.1) is 12.8 Å². The zero-order valence-electron chi connectivity index (χ0n) is 18.6. The first-order valence-corrected chi connectivity index (χ1v) is 11.3. The fourth-order valence-corrected chi connectivity index (χ4v) is 4.41. The van der Waals surface area contributed by atoms with Crippen molar-refractivity contribution in [1.29, 1.82) is 0 Å². The Kier molecular flexibility index (Phi) is 5.42. The summed E-state index contributed by atoms with van der Waals surface area (Å²) in [7, 11) is 1.61. The van der Waals surface area contributed by atoms with Crippen LogP contribution in [0.2, 0.25) is 0 Å². The maximum absolute atomic E-state index is 12.3. The Morgan fingerprint density at radius 1 is 1.22 bits per heavy atom. The van der Waals surface area contributed by atoms with Gasteiger partial charge in [-0.15, -0.1) is 0 Å². The predicted octanol–water partition coefficient (Wildman–Crippen LogP) is 1.36. The van der Waals surface area contributed by atoms with Crippen molar-refractivity contribution in [2.24, 2.45) is 5.92 Å². The molecule has 1 amide bonds. The number of carbonyl (C=O) groups is 1. The van der Waals surface area contributed by atoms with Gasteiger partial charge in [-0.25, -0.2) is 9.50 Å². The molecule has 0 bridgehead atoms. The third-order valence-electron chi connectivity index (χ3n) is 6.42. The van der Waals surface area contributed by atoms with Gasteiger partial charge in [0.05, 0.1) is 17.1 Å². The Morgan fingerprint density at radius 2 is 2.00 bits per heavy atom. The van der Waals surface area contributed by atoms with Crippen molar-refractivity contribution < 1.29 is 4.79 Å². The molecule has 2 N–H and O–H groups in total. The van der Waals surface area contributed by atoms with Crippen LogP contribution in [-0.4, -0.2) is 63.6 Å². The lowest BCUT2D eigenvalue weighted by molar-refractivity contribution is 0.0958. The number of carbonyl (C=O) groups excluding carboxylic acids is 1. The molecule has 0 unspecified atom stereocenters. The number of piperazine rings is 1. The highest BCUT2D eigenvalue weighted by Gasteiger charge is 2.24. The topological polar surface area (TPSA) is 98.6 Å². The third kappa shape index (κ3) is 4.25. The summed E-state index contributed by atoms with van der Waals surface area (Å²) < 4.78 is 1.81. The van der Waals surface area contributed by atoms with E-state index in [9.17, 15) is 9.59 Å². The summed E-state index contributed by atoms with van der Waals surface area (Å²) in [6.45, 7) is 6.29. The van der Waals surface area contributed by atoms with E-state index in [1.165, 1.54) is 12.8 Å². The number of anilines is 1. The smallest absolute Gasteiger partial charge is 0.269 e. The zero-order chi connectivity index (χ0) is 22.2. The van der Waals surface area contributed by atoms with Gasteiger partial charge in [0.15, 0.2) is 0 Å². The lowest BCUT2D eigenvalue weighted by Gasteiger charge is -2.36. The Hall–Kier alpha value is -3.20. The highest BCUT2D eigenvalue weighted by Crippen LogP contribution is 2.31. The van der Waals surface area contributed by atoms with Crippen molar-refractivity contribution in [3.05, 3.63) is 57.4 Å². The van der Waals surface area contributed by atoms with Crippen LogP contribution in [0.4, 0.5) is 5.69 Å². The van der Waals surface area contributed by atoms with E-state index in [4.69, 9.17) is 5.10 Å². The van der Waals surface area contributed by atoms with E-state index < -0.39 is 0 Å². The maximum Gasteiger partial charge on any atom is 0.269 e. The predicted molar refractivity (Wildman–Crippen MR) is 122 cm³/mol.